The van der Waals surface area contributed by atoms with Crippen LogP contribution in [0.25, 0.3) is 0 Å². The van der Waals surface area contributed by atoms with E-state index in [9.17, 15) is 14.7 Å². The standard InChI is InChI=1S/C14H17NO3/c1-8-4-5-9(2)11(13(17)18)10(8)12(16)15-14(3)6-7-14/h4-5H,6-7H2,1-3H3,(H,15,16)(H,17,18). The van der Waals surface area contributed by atoms with E-state index in [1.807, 2.05) is 6.92 Å². The molecule has 1 aliphatic carbocycles. The van der Waals surface area contributed by atoms with E-state index in [-0.39, 0.29) is 22.6 Å². The molecule has 0 heterocycles. The molecule has 0 radical (unpaired) electrons. The second-order valence-corrected chi connectivity index (χ2v) is 5.27. The molecule has 1 aromatic rings. The van der Waals surface area contributed by atoms with Gasteiger partial charge in [-0.2, -0.15) is 0 Å². The third kappa shape index (κ3) is 2.23. The maximum absolute atomic E-state index is 12.2. The molecule has 0 aliphatic heterocycles. The molecule has 0 atom stereocenters. The molecule has 1 aromatic carbocycles. The summed E-state index contributed by atoms with van der Waals surface area (Å²) in [6, 6.07) is 3.51. The molecule has 1 fully saturated rings. The molecule has 0 saturated heterocycles. The number of aromatic carboxylic acids is 1. The van der Waals surface area contributed by atoms with Gasteiger partial charge in [0.1, 0.15) is 0 Å². The summed E-state index contributed by atoms with van der Waals surface area (Å²) in [5, 5.41) is 12.2. The highest BCUT2D eigenvalue weighted by Crippen LogP contribution is 2.35. The maximum Gasteiger partial charge on any atom is 0.336 e. The number of benzene rings is 1. The number of hydrogen-bond donors (Lipinski definition) is 2. The predicted octanol–water partition coefficient (Wildman–Crippen LogP) is 2.28. The van der Waals surface area contributed by atoms with Gasteiger partial charge in [-0.1, -0.05) is 12.1 Å². The summed E-state index contributed by atoms with van der Waals surface area (Å²) >= 11 is 0. The molecule has 4 heteroatoms. The third-order valence-electron chi connectivity index (χ3n) is 3.48. The topological polar surface area (TPSA) is 66.4 Å². The summed E-state index contributed by atoms with van der Waals surface area (Å²) in [5.74, 6) is -1.34. The minimum Gasteiger partial charge on any atom is -0.478 e. The van der Waals surface area contributed by atoms with Gasteiger partial charge >= 0.3 is 5.97 Å². The number of carboxylic acids is 1. The van der Waals surface area contributed by atoms with Crippen molar-refractivity contribution in [3.63, 3.8) is 0 Å². The zero-order valence-corrected chi connectivity index (χ0v) is 10.8. The van der Waals surface area contributed by atoms with Crippen molar-refractivity contribution in [3.8, 4) is 0 Å². The molecule has 0 bridgehead atoms. The highest BCUT2D eigenvalue weighted by molar-refractivity contribution is 6.07. The predicted molar refractivity (Wildman–Crippen MR) is 68.0 cm³/mol. The summed E-state index contributed by atoms with van der Waals surface area (Å²) in [4.78, 5) is 23.5. The molecule has 0 aromatic heterocycles. The van der Waals surface area contributed by atoms with Crippen LogP contribution >= 0.6 is 0 Å². The lowest BCUT2D eigenvalue weighted by atomic mass is 9.96. The van der Waals surface area contributed by atoms with Crippen LogP contribution in [0.15, 0.2) is 12.1 Å². The number of nitrogens with one attached hydrogen (secondary N) is 1. The second-order valence-electron chi connectivity index (χ2n) is 5.27. The Kier molecular flexibility index (Phi) is 2.89. The molecule has 1 saturated carbocycles. The number of hydrogen-bond acceptors (Lipinski definition) is 2. The van der Waals surface area contributed by atoms with E-state index in [1.54, 1.807) is 26.0 Å². The van der Waals surface area contributed by atoms with E-state index >= 15 is 0 Å². The number of aryl methyl sites for hydroxylation is 2. The van der Waals surface area contributed by atoms with Crippen molar-refractivity contribution in [1.29, 1.82) is 0 Å². The number of carbonyl (C=O) groups excluding carboxylic acids is 1. The zero-order chi connectivity index (χ0) is 13.5. The monoisotopic (exact) mass is 247 g/mol. The van der Waals surface area contributed by atoms with Gasteiger partial charge in [0.2, 0.25) is 0 Å². The number of carboxylic acid groups (broad SMARTS) is 1. The van der Waals surface area contributed by atoms with Gasteiger partial charge in [0.15, 0.2) is 0 Å². The Morgan fingerprint density at radius 1 is 1.17 bits per heavy atom. The first-order valence-corrected chi connectivity index (χ1v) is 6.00. The van der Waals surface area contributed by atoms with Crippen LogP contribution in [-0.2, 0) is 0 Å². The van der Waals surface area contributed by atoms with Gasteiger partial charge in [0.25, 0.3) is 5.91 Å². The molecule has 0 spiro atoms. The average Bonchev–Trinajstić information content (AvgIpc) is 2.98. The van der Waals surface area contributed by atoms with Crippen molar-refractivity contribution in [2.75, 3.05) is 0 Å². The Balaban J connectivity index is 2.45. The SMILES string of the molecule is Cc1ccc(C)c(C(=O)NC2(C)CC2)c1C(=O)O. The highest BCUT2D eigenvalue weighted by Gasteiger charge is 2.39. The molecular weight excluding hydrogens is 230 g/mol. The summed E-state index contributed by atoms with van der Waals surface area (Å²) in [5.41, 5.74) is 1.55. The van der Waals surface area contributed by atoms with Gasteiger partial charge in [-0.05, 0) is 44.7 Å². The maximum atomic E-state index is 12.2. The smallest absolute Gasteiger partial charge is 0.336 e. The van der Waals surface area contributed by atoms with Crippen LogP contribution < -0.4 is 5.32 Å². The van der Waals surface area contributed by atoms with Gasteiger partial charge in [-0.15, -0.1) is 0 Å². The number of rotatable bonds is 3. The first-order chi connectivity index (χ1) is 8.34. The van der Waals surface area contributed by atoms with E-state index in [4.69, 9.17) is 0 Å². The molecule has 4 nitrogen and oxygen atoms in total. The van der Waals surface area contributed by atoms with Crippen molar-refractivity contribution >= 4 is 11.9 Å². The van der Waals surface area contributed by atoms with Gasteiger partial charge in [-0.25, -0.2) is 4.79 Å². The lowest BCUT2D eigenvalue weighted by Gasteiger charge is -2.16. The second kappa shape index (κ2) is 4.12. The third-order valence-corrected chi connectivity index (χ3v) is 3.48. The Labute approximate surface area is 106 Å². The Morgan fingerprint density at radius 2 is 1.67 bits per heavy atom. The van der Waals surface area contributed by atoms with Crippen LogP contribution in [0.2, 0.25) is 0 Å². The van der Waals surface area contributed by atoms with Crippen LogP contribution in [0, 0.1) is 13.8 Å². The Morgan fingerprint density at radius 3 is 2.11 bits per heavy atom. The number of amides is 1. The fourth-order valence-electron chi connectivity index (χ4n) is 2.03. The highest BCUT2D eigenvalue weighted by atomic mass is 16.4. The van der Waals surface area contributed by atoms with E-state index in [1.165, 1.54) is 0 Å². The summed E-state index contributed by atoms with van der Waals surface area (Å²) in [6.45, 7) is 5.44. The normalized spacial score (nSPS) is 16.2. The zero-order valence-electron chi connectivity index (χ0n) is 10.8. The van der Waals surface area contributed by atoms with Crippen molar-refractivity contribution < 1.29 is 14.7 Å². The molecular formula is C14H17NO3. The van der Waals surface area contributed by atoms with Crippen molar-refractivity contribution in [1.82, 2.24) is 5.32 Å². The van der Waals surface area contributed by atoms with Gasteiger partial charge in [0.05, 0.1) is 11.1 Å². The van der Waals surface area contributed by atoms with Crippen molar-refractivity contribution in [2.45, 2.75) is 39.2 Å². The average molecular weight is 247 g/mol. The fourth-order valence-corrected chi connectivity index (χ4v) is 2.03. The minimum atomic E-state index is -1.05. The van der Waals surface area contributed by atoms with Crippen LogP contribution in [0.5, 0.6) is 0 Å². The van der Waals surface area contributed by atoms with Crippen LogP contribution in [0.1, 0.15) is 51.6 Å². The van der Waals surface area contributed by atoms with E-state index in [0.717, 1.165) is 12.8 Å². The molecule has 2 N–H and O–H groups in total. The molecule has 96 valence electrons. The largest absolute Gasteiger partial charge is 0.478 e. The first-order valence-electron chi connectivity index (χ1n) is 6.00. The lowest BCUT2D eigenvalue weighted by molar-refractivity contribution is 0.0689. The summed E-state index contributed by atoms with van der Waals surface area (Å²) < 4.78 is 0. The molecule has 0 unspecified atom stereocenters. The van der Waals surface area contributed by atoms with Crippen LogP contribution in [0.3, 0.4) is 0 Å². The molecule has 1 amide bonds. The molecule has 18 heavy (non-hydrogen) atoms. The van der Waals surface area contributed by atoms with Gasteiger partial charge in [-0.3, -0.25) is 4.79 Å². The van der Waals surface area contributed by atoms with Crippen molar-refractivity contribution in [2.24, 2.45) is 0 Å². The molecule has 1 aliphatic rings. The van der Waals surface area contributed by atoms with Gasteiger partial charge < -0.3 is 10.4 Å². The fraction of sp³-hybridized carbons (Fsp3) is 0.429. The van der Waals surface area contributed by atoms with Crippen molar-refractivity contribution in [3.05, 3.63) is 34.4 Å². The van der Waals surface area contributed by atoms with E-state index in [2.05, 4.69) is 5.32 Å². The van der Waals surface area contributed by atoms with Crippen LogP contribution in [-0.4, -0.2) is 22.5 Å². The molecule has 2 rings (SSSR count). The summed E-state index contributed by atoms with van der Waals surface area (Å²) in [7, 11) is 0. The van der Waals surface area contributed by atoms with E-state index < -0.39 is 5.97 Å². The number of carbonyl (C=O) groups is 2. The van der Waals surface area contributed by atoms with E-state index in [0.29, 0.717) is 11.1 Å². The van der Waals surface area contributed by atoms with Crippen LogP contribution in [0.4, 0.5) is 0 Å². The minimum absolute atomic E-state index is 0.108. The first kappa shape index (κ1) is 12.6. The quantitative estimate of drug-likeness (QED) is 0.861. The Bertz CT molecular complexity index is 530. The lowest BCUT2D eigenvalue weighted by Crippen LogP contribution is -2.35. The summed E-state index contributed by atoms with van der Waals surface area (Å²) in [6.07, 6.45) is 1.90. The van der Waals surface area contributed by atoms with Gasteiger partial charge in [0, 0.05) is 5.54 Å². The Hall–Kier alpha value is -1.84.